The van der Waals surface area contributed by atoms with E-state index in [1.807, 2.05) is 0 Å². The summed E-state index contributed by atoms with van der Waals surface area (Å²) in [4.78, 5) is 12.6. The maximum atomic E-state index is 14.1. The zero-order valence-electron chi connectivity index (χ0n) is 18.9. The lowest BCUT2D eigenvalue weighted by atomic mass is 10.2. The van der Waals surface area contributed by atoms with E-state index in [0.717, 1.165) is 0 Å². The second-order valence-corrected chi connectivity index (χ2v) is 10.9. The molecule has 13 heteroatoms. The van der Waals surface area contributed by atoms with Gasteiger partial charge in [-0.05, 0) is 25.8 Å². The average Bonchev–Trinajstić information content (AvgIpc) is 3.53. The lowest BCUT2D eigenvalue weighted by Gasteiger charge is -2.23. The molecule has 0 aromatic carbocycles. The Morgan fingerprint density at radius 1 is 1.21 bits per heavy atom. The van der Waals surface area contributed by atoms with Crippen molar-refractivity contribution in [3.63, 3.8) is 0 Å². The Morgan fingerprint density at radius 3 is 2.50 bits per heavy atom. The van der Waals surface area contributed by atoms with Gasteiger partial charge in [-0.1, -0.05) is 17.7 Å². The molecule has 0 radical (unpaired) electrons. The molecule has 1 saturated carbocycles. The lowest BCUT2D eigenvalue weighted by Crippen LogP contribution is -2.31. The minimum absolute atomic E-state index is 0.133. The Hall–Kier alpha value is -2.70. The minimum atomic E-state index is -3.86. The third-order valence-corrected chi connectivity index (χ3v) is 8.15. The third-order valence-electron chi connectivity index (χ3n) is 5.91. The first-order valence-corrected chi connectivity index (χ1v) is 12.6. The zero-order valence-corrected chi connectivity index (χ0v) is 20.4. The molecule has 3 heterocycles. The molecule has 0 bridgehead atoms. The second-order valence-electron chi connectivity index (χ2n) is 8.13. The number of nitrogens with zero attached hydrogens (tertiary/aromatic N) is 6. The van der Waals surface area contributed by atoms with Crippen LogP contribution >= 0.6 is 11.6 Å². The summed E-state index contributed by atoms with van der Waals surface area (Å²) in [5.74, 6) is 0.490. The SMILES string of the molecule is COc1cccc(-c2nnc(CS(=O)(=O)[C@@H](C)[C@H](OC)c3ncc(Cl)cn3)n2C2(CF)CC2)n1. The summed E-state index contributed by atoms with van der Waals surface area (Å²) in [5, 5.41) is 7.62. The van der Waals surface area contributed by atoms with Crippen LogP contribution in [0.2, 0.25) is 5.02 Å². The molecule has 1 aliphatic rings. The number of pyridine rings is 1. The van der Waals surface area contributed by atoms with Crippen molar-refractivity contribution in [3.8, 4) is 17.4 Å². The first-order chi connectivity index (χ1) is 16.2. The molecule has 3 aromatic rings. The van der Waals surface area contributed by atoms with E-state index in [2.05, 4.69) is 25.1 Å². The maximum Gasteiger partial charge on any atom is 0.213 e. The number of hydrogen-bond acceptors (Lipinski definition) is 9. The van der Waals surface area contributed by atoms with Crippen LogP contribution in [0.1, 0.15) is 37.5 Å². The molecule has 3 aromatic heterocycles. The monoisotopic (exact) mass is 510 g/mol. The highest BCUT2D eigenvalue weighted by Gasteiger charge is 2.49. The Labute approximate surface area is 201 Å². The fourth-order valence-electron chi connectivity index (χ4n) is 3.76. The first kappa shape index (κ1) is 24.4. The van der Waals surface area contributed by atoms with Gasteiger partial charge in [-0.2, -0.15) is 0 Å². The van der Waals surface area contributed by atoms with Crippen LogP contribution in [0, 0.1) is 0 Å². The lowest BCUT2D eigenvalue weighted by molar-refractivity contribution is 0.0948. The third kappa shape index (κ3) is 4.62. The fourth-order valence-corrected chi connectivity index (χ4v) is 5.28. The summed E-state index contributed by atoms with van der Waals surface area (Å²) in [5.41, 5.74) is -0.481. The predicted octanol–water partition coefficient (Wildman–Crippen LogP) is 2.94. The van der Waals surface area contributed by atoms with E-state index in [1.54, 1.807) is 22.8 Å². The van der Waals surface area contributed by atoms with Gasteiger partial charge in [-0.3, -0.25) is 4.57 Å². The van der Waals surface area contributed by atoms with Gasteiger partial charge in [0.25, 0.3) is 0 Å². The standard InChI is InChI=1S/C21H24ClFN6O4S/c1-13(18(33-3)19-24-9-14(22)10-25-19)34(30,31)11-16-27-28-20(29(16)21(12-23)7-8-21)15-5-4-6-17(26-15)32-2/h4-6,9-10,13,18H,7-8,11-12H2,1-3H3/t13-,18-/m0/s1. The summed E-state index contributed by atoms with van der Waals surface area (Å²) < 4.78 is 53.1. The average molecular weight is 511 g/mol. The van der Waals surface area contributed by atoms with Gasteiger partial charge in [0.2, 0.25) is 5.88 Å². The van der Waals surface area contributed by atoms with E-state index in [9.17, 15) is 12.8 Å². The Morgan fingerprint density at radius 2 is 1.91 bits per heavy atom. The first-order valence-electron chi connectivity index (χ1n) is 10.5. The second kappa shape index (κ2) is 9.51. The van der Waals surface area contributed by atoms with Crippen LogP contribution < -0.4 is 4.74 Å². The van der Waals surface area contributed by atoms with Crippen molar-refractivity contribution in [2.24, 2.45) is 0 Å². The molecule has 1 aliphatic carbocycles. The quantitative estimate of drug-likeness (QED) is 0.405. The summed E-state index contributed by atoms with van der Waals surface area (Å²) in [6.07, 6.45) is 2.89. The van der Waals surface area contributed by atoms with Crippen molar-refractivity contribution >= 4 is 21.4 Å². The van der Waals surface area contributed by atoms with Gasteiger partial charge < -0.3 is 9.47 Å². The van der Waals surface area contributed by atoms with Gasteiger partial charge >= 0.3 is 0 Å². The van der Waals surface area contributed by atoms with Crippen molar-refractivity contribution in [3.05, 3.63) is 47.3 Å². The molecular formula is C21H24ClFN6O4S. The van der Waals surface area contributed by atoms with E-state index in [4.69, 9.17) is 21.1 Å². The predicted molar refractivity (Wildman–Crippen MR) is 122 cm³/mol. The molecule has 0 aliphatic heterocycles. The summed E-state index contributed by atoms with van der Waals surface area (Å²) in [7, 11) is -0.993. The maximum absolute atomic E-state index is 14.1. The van der Waals surface area contributed by atoms with Crippen molar-refractivity contribution in [2.75, 3.05) is 20.9 Å². The summed E-state index contributed by atoms with van der Waals surface area (Å²) >= 11 is 5.84. The Balaban J connectivity index is 1.70. The normalized spacial score (nSPS) is 16.7. The van der Waals surface area contributed by atoms with Gasteiger partial charge in [0.15, 0.2) is 21.5 Å². The minimum Gasteiger partial charge on any atom is -0.481 e. The number of halogens is 2. The number of hydrogen-bond donors (Lipinski definition) is 0. The van der Waals surface area contributed by atoms with Crippen LogP contribution in [-0.4, -0.2) is 64.3 Å². The molecule has 0 amide bonds. The number of sulfone groups is 1. The number of ether oxygens (including phenoxy) is 2. The highest BCUT2D eigenvalue weighted by molar-refractivity contribution is 7.91. The van der Waals surface area contributed by atoms with Gasteiger partial charge in [0.05, 0.1) is 22.9 Å². The smallest absolute Gasteiger partial charge is 0.213 e. The van der Waals surface area contributed by atoms with Crippen molar-refractivity contribution in [1.82, 2.24) is 29.7 Å². The molecule has 0 N–H and O–H groups in total. The van der Waals surface area contributed by atoms with Crippen LogP contribution in [0.25, 0.3) is 11.5 Å². The van der Waals surface area contributed by atoms with E-state index in [1.165, 1.54) is 33.5 Å². The van der Waals surface area contributed by atoms with Crippen molar-refractivity contribution in [1.29, 1.82) is 0 Å². The fraction of sp³-hybridized carbons (Fsp3) is 0.476. The van der Waals surface area contributed by atoms with E-state index < -0.39 is 39.2 Å². The van der Waals surface area contributed by atoms with E-state index in [-0.39, 0.29) is 17.5 Å². The van der Waals surface area contributed by atoms with Crippen LogP contribution in [0.5, 0.6) is 5.88 Å². The topological polar surface area (TPSA) is 122 Å². The van der Waals surface area contributed by atoms with Gasteiger partial charge in [-0.15, -0.1) is 10.2 Å². The Kier molecular flexibility index (Phi) is 6.83. The van der Waals surface area contributed by atoms with E-state index >= 15 is 0 Å². The molecule has 182 valence electrons. The van der Waals surface area contributed by atoms with Gasteiger partial charge in [0, 0.05) is 25.6 Å². The summed E-state index contributed by atoms with van der Waals surface area (Å²) in [6.45, 7) is 0.832. The van der Waals surface area contributed by atoms with Crippen molar-refractivity contribution in [2.45, 2.75) is 42.4 Å². The van der Waals surface area contributed by atoms with Crippen molar-refractivity contribution < 1.29 is 22.3 Å². The van der Waals surface area contributed by atoms with Crippen LogP contribution in [0.3, 0.4) is 0 Å². The number of aromatic nitrogens is 6. The summed E-state index contributed by atoms with van der Waals surface area (Å²) in [6, 6.07) is 5.09. The molecule has 4 rings (SSSR count). The molecule has 1 fully saturated rings. The van der Waals surface area contributed by atoms with Crippen LogP contribution in [0.15, 0.2) is 30.6 Å². The number of methoxy groups -OCH3 is 2. The molecule has 0 unspecified atom stereocenters. The highest BCUT2D eigenvalue weighted by Crippen LogP contribution is 2.47. The molecule has 0 saturated heterocycles. The van der Waals surface area contributed by atoms with Gasteiger partial charge in [0.1, 0.15) is 30.0 Å². The molecule has 10 nitrogen and oxygen atoms in total. The largest absolute Gasteiger partial charge is 0.481 e. The molecular weight excluding hydrogens is 487 g/mol. The number of rotatable bonds is 10. The van der Waals surface area contributed by atoms with Gasteiger partial charge in [-0.25, -0.2) is 27.8 Å². The highest BCUT2D eigenvalue weighted by atomic mass is 35.5. The molecule has 34 heavy (non-hydrogen) atoms. The van der Waals surface area contributed by atoms with E-state index in [0.29, 0.717) is 29.4 Å². The molecule has 0 spiro atoms. The zero-order chi connectivity index (χ0) is 24.5. The number of alkyl halides is 1. The van der Waals surface area contributed by atoms with Crippen LogP contribution in [-0.2, 0) is 25.9 Å². The molecule has 2 atom stereocenters. The Bertz CT molecular complexity index is 1270. The van der Waals surface area contributed by atoms with Crippen LogP contribution in [0.4, 0.5) is 4.39 Å².